The number of allylic oxidation sites excluding steroid dienone is 1. The Labute approximate surface area is 115 Å². The maximum Gasteiger partial charge on any atom is 0.292 e. The van der Waals surface area contributed by atoms with Crippen molar-refractivity contribution in [2.45, 2.75) is 25.0 Å². The van der Waals surface area contributed by atoms with Gasteiger partial charge in [-0.05, 0) is 26.3 Å². The third kappa shape index (κ3) is 2.88. The quantitative estimate of drug-likeness (QED) is 0.672. The number of nitriles is 1. The lowest BCUT2D eigenvalue weighted by atomic mass is 10.0. The monoisotopic (exact) mass is 275 g/mol. The molecular weight excluding hydrogens is 262 g/mol. The normalized spacial score (nSPS) is 17.1. The van der Waals surface area contributed by atoms with Crippen LogP contribution in [0, 0.1) is 21.4 Å². The Bertz CT molecular complexity index is 602. The molecule has 1 N–H and O–H groups in total. The van der Waals surface area contributed by atoms with Crippen LogP contribution in [0.4, 0.5) is 11.4 Å². The van der Waals surface area contributed by atoms with Crippen LogP contribution in [0.1, 0.15) is 20.3 Å². The molecule has 0 unspecified atom stereocenters. The number of hydrogen-bond acceptors (Lipinski definition) is 5. The average Bonchev–Trinajstić information content (AvgIpc) is 2.64. The van der Waals surface area contributed by atoms with Gasteiger partial charge in [0.1, 0.15) is 5.69 Å². The molecule has 6 heteroatoms. The van der Waals surface area contributed by atoms with Crippen LogP contribution in [0.25, 0.3) is 0 Å². The first-order chi connectivity index (χ1) is 8.93. The van der Waals surface area contributed by atoms with Gasteiger partial charge in [0.05, 0.1) is 21.6 Å². The third-order valence-corrected chi connectivity index (χ3v) is 3.99. The number of para-hydroxylation sites is 2. The number of hydrogen-bond donors (Lipinski definition) is 1. The van der Waals surface area contributed by atoms with E-state index in [1.165, 1.54) is 17.8 Å². The van der Waals surface area contributed by atoms with Gasteiger partial charge >= 0.3 is 0 Å². The van der Waals surface area contributed by atoms with Crippen LogP contribution in [0.3, 0.4) is 0 Å². The zero-order valence-electron chi connectivity index (χ0n) is 10.6. The molecule has 0 aromatic heterocycles. The van der Waals surface area contributed by atoms with E-state index in [-0.39, 0.29) is 10.4 Å². The fourth-order valence-electron chi connectivity index (χ4n) is 1.93. The molecule has 98 valence electrons. The lowest BCUT2D eigenvalue weighted by Gasteiger charge is -2.16. The summed E-state index contributed by atoms with van der Waals surface area (Å²) in [4.78, 5) is 10.5. The minimum absolute atomic E-state index is 0.0117. The maximum atomic E-state index is 11.0. The van der Waals surface area contributed by atoms with Crippen molar-refractivity contribution in [1.29, 1.82) is 5.26 Å². The molecule has 0 saturated heterocycles. The zero-order chi connectivity index (χ0) is 14.0. The predicted molar refractivity (Wildman–Crippen MR) is 75.6 cm³/mol. The van der Waals surface area contributed by atoms with Crippen molar-refractivity contribution >= 4 is 23.1 Å². The van der Waals surface area contributed by atoms with E-state index in [4.69, 9.17) is 5.26 Å². The topological polar surface area (TPSA) is 79.0 Å². The summed E-state index contributed by atoms with van der Waals surface area (Å²) in [5.74, 6) is 0. The summed E-state index contributed by atoms with van der Waals surface area (Å²) in [6.07, 6.45) is 0.664. The Kier molecular flexibility index (Phi) is 3.49. The summed E-state index contributed by atoms with van der Waals surface area (Å²) in [6, 6.07) is 8.60. The summed E-state index contributed by atoms with van der Waals surface area (Å²) in [6.45, 7) is 4.09. The molecule has 0 amide bonds. The first kappa shape index (κ1) is 13.4. The SMILES string of the molecule is CC1(C)CC(C#N)=C(Nc2ccccc2[N+](=O)[O-])S1. The number of anilines is 1. The van der Waals surface area contributed by atoms with Gasteiger partial charge in [-0.25, -0.2) is 0 Å². The Hall–Kier alpha value is -2.00. The lowest BCUT2D eigenvalue weighted by molar-refractivity contribution is -0.383. The first-order valence-corrected chi connectivity index (χ1v) is 6.57. The Morgan fingerprint density at radius 1 is 1.47 bits per heavy atom. The maximum absolute atomic E-state index is 11.0. The summed E-state index contributed by atoms with van der Waals surface area (Å²) >= 11 is 1.54. The van der Waals surface area contributed by atoms with Crippen LogP contribution in [0.5, 0.6) is 0 Å². The number of nitro benzene ring substituents is 1. The molecule has 1 aromatic carbocycles. The van der Waals surface area contributed by atoms with Crippen LogP contribution >= 0.6 is 11.8 Å². The predicted octanol–water partition coefficient (Wildman–Crippen LogP) is 3.66. The van der Waals surface area contributed by atoms with E-state index in [1.807, 2.05) is 13.8 Å². The molecule has 1 aromatic rings. The van der Waals surface area contributed by atoms with Gasteiger partial charge in [0.2, 0.25) is 0 Å². The number of benzene rings is 1. The fourth-order valence-corrected chi connectivity index (χ4v) is 3.10. The van der Waals surface area contributed by atoms with Crippen molar-refractivity contribution in [2.24, 2.45) is 0 Å². The van der Waals surface area contributed by atoms with E-state index in [2.05, 4.69) is 11.4 Å². The second-order valence-corrected chi connectivity index (χ2v) is 6.57. The largest absolute Gasteiger partial charge is 0.344 e. The van der Waals surface area contributed by atoms with Crippen molar-refractivity contribution < 1.29 is 4.92 Å². The van der Waals surface area contributed by atoms with Crippen LogP contribution in [0.2, 0.25) is 0 Å². The summed E-state index contributed by atoms with van der Waals surface area (Å²) in [5.41, 5.74) is 1.08. The molecule has 1 aliphatic heterocycles. The first-order valence-electron chi connectivity index (χ1n) is 5.76. The average molecular weight is 275 g/mol. The molecule has 0 bridgehead atoms. The Morgan fingerprint density at radius 2 is 2.16 bits per heavy atom. The van der Waals surface area contributed by atoms with Crippen LogP contribution in [-0.2, 0) is 0 Å². The standard InChI is InChI=1S/C13H13N3O2S/c1-13(2)7-9(8-14)12(19-13)15-10-5-3-4-6-11(10)16(17)18/h3-6,15H,7H2,1-2H3. The number of rotatable bonds is 3. The van der Waals surface area contributed by atoms with Gasteiger partial charge in [-0.1, -0.05) is 12.1 Å². The fraction of sp³-hybridized carbons (Fsp3) is 0.308. The van der Waals surface area contributed by atoms with Gasteiger partial charge in [0.25, 0.3) is 5.69 Å². The minimum Gasteiger partial charge on any atom is -0.344 e. The van der Waals surface area contributed by atoms with Crippen molar-refractivity contribution in [2.75, 3.05) is 5.32 Å². The van der Waals surface area contributed by atoms with E-state index in [1.54, 1.807) is 18.2 Å². The highest BCUT2D eigenvalue weighted by atomic mass is 32.2. The minimum atomic E-state index is -0.431. The van der Waals surface area contributed by atoms with Gasteiger partial charge in [0.15, 0.2) is 0 Å². The molecule has 0 radical (unpaired) electrons. The zero-order valence-corrected chi connectivity index (χ0v) is 11.5. The van der Waals surface area contributed by atoms with Crippen LogP contribution < -0.4 is 5.32 Å². The molecule has 1 heterocycles. The van der Waals surface area contributed by atoms with Crippen LogP contribution in [0.15, 0.2) is 34.9 Å². The number of thioether (sulfide) groups is 1. The highest BCUT2D eigenvalue weighted by Crippen LogP contribution is 2.46. The molecule has 1 aliphatic rings. The number of nitrogens with one attached hydrogen (secondary N) is 1. The van der Waals surface area contributed by atoms with Gasteiger partial charge in [-0.15, -0.1) is 11.8 Å². The molecule has 0 fully saturated rings. The number of nitrogens with zero attached hydrogens (tertiary/aromatic N) is 2. The summed E-state index contributed by atoms with van der Waals surface area (Å²) < 4.78 is -0.0586. The van der Waals surface area contributed by atoms with Crippen molar-refractivity contribution in [1.82, 2.24) is 0 Å². The summed E-state index contributed by atoms with van der Waals surface area (Å²) in [5, 5.41) is 23.8. The summed E-state index contributed by atoms with van der Waals surface area (Å²) in [7, 11) is 0. The highest BCUT2D eigenvalue weighted by Gasteiger charge is 2.32. The molecular formula is C13H13N3O2S. The van der Waals surface area contributed by atoms with Crippen molar-refractivity contribution in [3.8, 4) is 6.07 Å². The van der Waals surface area contributed by atoms with Crippen LogP contribution in [-0.4, -0.2) is 9.67 Å². The number of nitro groups is 1. The third-order valence-electron chi connectivity index (χ3n) is 2.74. The smallest absolute Gasteiger partial charge is 0.292 e. The van der Waals surface area contributed by atoms with E-state index in [9.17, 15) is 10.1 Å². The molecule has 19 heavy (non-hydrogen) atoms. The van der Waals surface area contributed by atoms with Gasteiger partial charge in [-0.3, -0.25) is 10.1 Å². The van der Waals surface area contributed by atoms with Crippen molar-refractivity contribution in [3.63, 3.8) is 0 Å². The Morgan fingerprint density at radius 3 is 2.79 bits per heavy atom. The van der Waals surface area contributed by atoms with E-state index in [0.29, 0.717) is 22.7 Å². The molecule has 0 saturated carbocycles. The molecule has 0 spiro atoms. The molecule has 0 atom stereocenters. The molecule has 5 nitrogen and oxygen atoms in total. The van der Waals surface area contributed by atoms with Crippen molar-refractivity contribution in [3.05, 3.63) is 45.0 Å². The second-order valence-electron chi connectivity index (χ2n) is 4.86. The van der Waals surface area contributed by atoms with Gasteiger partial charge in [0, 0.05) is 10.8 Å². The molecule has 2 rings (SSSR count). The molecule has 0 aliphatic carbocycles. The Balaban J connectivity index is 2.32. The second kappa shape index (κ2) is 4.94. The van der Waals surface area contributed by atoms with E-state index in [0.717, 1.165) is 0 Å². The van der Waals surface area contributed by atoms with Gasteiger partial charge in [-0.2, -0.15) is 5.26 Å². The van der Waals surface area contributed by atoms with Gasteiger partial charge < -0.3 is 5.32 Å². The van der Waals surface area contributed by atoms with E-state index >= 15 is 0 Å². The highest BCUT2D eigenvalue weighted by molar-refractivity contribution is 8.04. The van der Waals surface area contributed by atoms with E-state index < -0.39 is 4.92 Å². The lowest BCUT2D eigenvalue weighted by Crippen LogP contribution is -2.09.